The average molecular weight is 430 g/mol. The van der Waals surface area contributed by atoms with Gasteiger partial charge in [-0.25, -0.2) is 0 Å². The highest BCUT2D eigenvalue weighted by Crippen LogP contribution is 2.33. The number of Topliss-reactive ketones (excluding diaryl/α,β-unsaturated/α-hetero) is 1. The van der Waals surface area contributed by atoms with Gasteiger partial charge in [-0.3, -0.25) is 9.48 Å². The third kappa shape index (κ3) is 3.54. The molecule has 5 nitrogen and oxygen atoms in total. The zero-order valence-electron chi connectivity index (χ0n) is 16.4. The lowest BCUT2D eigenvalue weighted by Crippen LogP contribution is -2.23. The second kappa shape index (κ2) is 7.48. The topological polar surface area (TPSA) is 60.1 Å². The SMILES string of the molecule is CC(=O)c1c(C)nn(CC(O)Cn2c3ccc(Cl)cc3c3cc(Cl)ccc32)c1C. The first-order chi connectivity index (χ1) is 13.8. The summed E-state index contributed by atoms with van der Waals surface area (Å²) in [6, 6.07) is 11.4. The quantitative estimate of drug-likeness (QED) is 0.444. The number of carbonyl (C=O) groups excluding carboxylic acids is 1. The van der Waals surface area contributed by atoms with Gasteiger partial charge in [-0.2, -0.15) is 5.10 Å². The third-order valence-corrected chi connectivity index (χ3v) is 5.77. The van der Waals surface area contributed by atoms with E-state index in [0.717, 1.165) is 27.5 Å². The van der Waals surface area contributed by atoms with Crippen LogP contribution in [0.2, 0.25) is 10.0 Å². The summed E-state index contributed by atoms with van der Waals surface area (Å²) in [4.78, 5) is 11.8. The molecule has 0 aliphatic rings. The Balaban J connectivity index is 1.72. The smallest absolute Gasteiger partial charge is 0.163 e. The van der Waals surface area contributed by atoms with Crippen LogP contribution in [-0.2, 0) is 13.1 Å². The van der Waals surface area contributed by atoms with Crippen molar-refractivity contribution in [2.75, 3.05) is 0 Å². The number of carbonyl (C=O) groups is 1. The number of aromatic nitrogens is 3. The minimum atomic E-state index is -0.696. The Labute approximate surface area is 178 Å². The molecule has 29 heavy (non-hydrogen) atoms. The molecule has 0 radical (unpaired) electrons. The van der Waals surface area contributed by atoms with Gasteiger partial charge >= 0.3 is 0 Å². The number of nitrogens with zero attached hydrogens (tertiary/aromatic N) is 3. The van der Waals surface area contributed by atoms with Gasteiger partial charge in [0.05, 0.1) is 30.5 Å². The van der Waals surface area contributed by atoms with E-state index in [1.54, 1.807) is 4.68 Å². The van der Waals surface area contributed by atoms with Crippen LogP contribution in [0.3, 0.4) is 0 Å². The lowest BCUT2D eigenvalue weighted by molar-refractivity contribution is 0.101. The number of ketones is 1. The maximum absolute atomic E-state index is 11.8. The minimum absolute atomic E-state index is 0.0168. The summed E-state index contributed by atoms with van der Waals surface area (Å²) in [6.45, 7) is 5.87. The van der Waals surface area contributed by atoms with Gasteiger partial charge in [0.25, 0.3) is 0 Å². The van der Waals surface area contributed by atoms with E-state index < -0.39 is 6.10 Å². The minimum Gasteiger partial charge on any atom is -0.389 e. The first kappa shape index (κ1) is 20.0. The second-order valence-electron chi connectivity index (χ2n) is 7.37. The van der Waals surface area contributed by atoms with Crippen LogP contribution < -0.4 is 0 Å². The van der Waals surface area contributed by atoms with E-state index in [9.17, 15) is 9.90 Å². The van der Waals surface area contributed by atoms with Crippen molar-refractivity contribution in [3.05, 3.63) is 63.4 Å². The van der Waals surface area contributed by atoms with Crippen molar-refractivity contribution in [3.8, 4) is 0 Å². The number of aliphatic hydroxyl groups is 1. The molecule has 150 valence electrons. The first-order valence-electron chi connectivity index (χ1n) is 9.36. The van der Waals surface area contributed by atoms with Crippen molar-refractivity contribution in [3.63, 3.8) is 0 Å². The number of fused-ring (bicyclic) bond motifs is 3. The molecule has 4 rings (SSSR count). The Morgan fingerprint density at radius 1 is 1.03 bits per heavy atom. The van der Waals surface area contributed by atoms with Gasteiger partial charge < -0.3 is 9.67 Å². The molecule has 4 aromatic rings. The van der Waals surface area contributed by atoms with E-state index in [-0.39, 0.29) is 5.78 Å². The highest BCUT2D eigenvalue weighted by atomic mass is 35.5. The van der Waals surface area contributed by atoms with Gasteiger partial charge in [-0.1, -0.05) is 23.2 Å². The Morgan fingerprint density at radius 2 is 1.59 bits per heavy atom. The first-order valence-corrected chi connectivity index (χ1v) is 10.1. The van der Waals surface area contributed by atoms with Gasteiger partial charge in [-0.15, -0.1) is 0 Å². The molecule has 2 heterocycles. The number of benzene rings is 2. The van der Waals surface area contributed by atoms with Crippen LogP contribution in [-0.4, -0.2) is 31.3 Å². The van der Waals surface area contributed by atoms with Crippen LogP contribution in [0.15, 0.2) is 36.4 Å². The number of hydrogen-bond acceptors (Lipinski definition) is 3. The molecule has 0 fully saturated rings. The zero-order valence-corrected chi connectivity index (χ0v) is 17.9. The molecular weight excluding hydrogens is 409 g/mol. The van der Waals surface area contributed by atoms with Crippen molar-refractivity contribution < 1.29 is 9.90 Å². The lowest BCUT2D eigenvalue weighted by Gasteiger charge is -2.15. The fraction of sp³-hybridized carbons (Fsp3) is 0.273. The normalized spacial score (nSPS) is 12.8. The molecule has 0 aliphatic heterocycles. The van der Waals surface area contributed by atoms with Gasteiger partial charge in [0.2, 0.25) is 0 Å². The molecule has 7 heteroatoms. The molecule has 0 amide bonds. The summed E-state index contributed by atoms with van der Waals surface area (Å²) in [5, 5.41) is 18.6. The number of rotatable bonds is 5. The predicted octanol–water partition coefficient (Wildman–Crippen LogP) is 5.18. The number of aryl methyl sites for hydroxylation is 1. The van der Waals surface area contributed by atoms with Crippen LogP contribution >= 0.6 is 23.2 Å². The van der Waals surface area contributed by atoms with E-state index in [4.69, 9.17) is 23.2 Å². The summed E-state index contributed by atoms with van der Waals surface area (Å²) >= 11 is 12.4. The highest BCUT2D eigenvalue weighted by Gasteiger charge is 2.19. The van der Waals surface area contributed by atoms with Crippen LogP contribution in [0.1, 0.15) is 28.7 Å². The predicted molar refractivity (Wildman–Crippen MR) is 117 cm³/mol. The molecule has 0 bridgehead atoms. The molecule has 0 saturated carbocycles. The fourth-order valence-electron chi connectivity index (χ4n) is 4.10. The summed E-state index contributed by atoms with van der Waals surface area (Å²) in [5.41, 5.74) is 4.03. The summed E-state index contributed by atoms with van der Waals surface area (Å²) in [5.74, 6) is -0.0168. The molecule has 0 aliphatic carbocycles. The van der Waals surface area contributed by atoms with E-state index in [0.29, 0.717) is 34.4 Å². The van der Waals surface area contributed by atoms with Gasteiger partial charge in [0.15, 0.2) is 5.78 Å². The Kier molecular flexibility index (Phi) is 5.15. The molecule has 1 atom stereocenters. The Morgan fingerprint density at radius 3 is 2.07 bits per heavy atom. The number of hydrogen-bond donors (Lipinski definition) is 1. The van der Waals surface area contributed by atoms with Gasteiger partial charge in [-0.05, 0) is 57.2 Å². The molecule has 0 saturated heterocycles. The van der Waals surface area contributed by atoms with Crippen LogP contribution in [0, 0.1) is 13.8 Å². The molecule has 1 unspecified atom stereocenters. The van der Waals surface area contributed by atoms with Crippen LogP contribution in [0.5, 0.6) is 0 Å². The van der Waals surface area contributed by atoms with E-state index >= 15 is 0 Å². The number of halogens is 2. The zero-order chi connectivity index (χ0) is 20.9. The molecular formula is C22H21Cl2N3O2. The Hall–Kier alpha value is -2.34. The van der Waals surface area contributed by atoms with E-state index in [2.05, 4.69) is 9.67 Å². The maximum Gasteiger partial charge on any atom is 0.163 e. The summed E-state index contributed by atoms with van der Waals surface area (Å²) < 4.78 is 3.78. The van der Waals surface area contributed by atoms with Crippen molar-refractivity contribution in [1.82, 2.24) is 14.3 Å². The molecule has 2 aromatic carbocycles. The molecule has 1 N–H and O–H groups in total. The third-order valence-electron chi connectivity index (χ3n) is 5.30. The van der Waals surface area contributed by atoms with Crippen molar-refractivity contribution in [2.24, 2.45) is 0 Å². The standard InChI is InChI=1S/C22H21Cl2N3O2/c1-12-22(14(3)28)13(2)27(25-12)11-17(29)10-26-20-6-4-15(23)8-18(20)19-9-16(24)5-7-21(19)26/h4-9,17,29H,10-11H2,1-3H3. The largest absolute Gasteiger partial charge is 0.389 e. The second-order valence-corrected chi connectivity index (χ2v) is 8.24. The van der Waals surface area contributed by atoms with Crippen LogP contribution in [0.4, 0.5) is 0 Å². The van der Waals surface area contributed by atoms with Crippen molar-refractivity contribution in [2.45, 2.75) is 40.0 Å². The van der Waals surface area contributed by atoms with Crippen molar-refractivity contribution in [1.29, 1.82) is 0 Å². The number of aliphatic hydroxyl groups excluding tert-OH is 1. The summed E-state index contributed by atoms with van der Waals surface area (Å²) in [7, 11) is 0. The molecule has 0 spiro atoms. The average Bonchev–Trinajstić information content (AvgIpc) is 3.08. The molecule has 2 aromatic heterocycles. The fourth-order valence-corrected chi connectivity index (χ4v) is 4.44. The maximum atomic E-state index is 11.8. The summed E-state index contributed by atoms with van der Waals surface area (Å²) in [6.07, 6.45) is -0.696. The van der Waals surface area contributed by atoms with Gasteiger partial charge in [0.1, 0.15) is 0 Å². The van der Waals surface area contributed by atoms with E-state index in [1.165, 1.54) is 6.92 Å². The van der Waals surface area contributed by atoms with Crippen LogP contribution in [0.25, 0.3) is 21.8 Å². The lowest BCUT2D eigenvalue weighted by atomic mass is 10.1. The monoisotopic (exact) mass is 429 g/mol. The van der Waals surface area contributed by atoms with Crippen molar-refractivity contribution >= 4 is 50.8 Å². The Bertz CT molecular complexity index is 1200. The highest BCUT2D eigenvalue weighted by molar-refractivity contribution is 6.33. The van der Waals surface area contributed by atoms with E-state index in [1.807, 2.05) is 50.2 Å². The van der Waals surface area contributed by atoms with Gasteiger partial charge in [0, 0.05) is 37.5 Å².